The lowest BCUT2D eigenvalue weighted by molar-refractivity contribution is -0.107. The van der Waals surface area contributed by atoms with Gasteiger partial charge in [0, 0.05) is 36.9 Å². The molecule has 0 saturated heterocycles. The zero-order chi connectivity index (χ0) is 21.5. The number of hydrogen-bond donors (Lipinski definition) is 1. The maximum atomic E-state index is 14.0. The highest BCUT2D eigenvalue weighted by Gasteiger charge is 2.32. The van der Waals surface area contributed by atoms with Crippen molar-refractivity contribution < 1.29 is 14.0 Å². The first-order chi connectivity index (χ1) is 15.1. The second kappa shape index (κ2) is 7.61. The summed E-state index contributed by atoms with van der Waals surface area (Å²) in [5.74, 6) is -0.295. The first-order valence-corrected chi connectivity index (χ1v) is 10.4. The van der Waals surface area contributed by atoms with E-state index in [0.717, 1.165) is 47.6 Å². The first kappa shape index (κ1) is 19.4. The summed E-state index contributed by atoms with van der Waals surface area (Å²) in [4.78, 5) is 39.3. The number of amides is 2. The number of aromatic nitrogens is 3. The van der Waals surface area contributed by atoms with Crippen LogP contribution in [-0.4, -0.2) is 51.3 Å². The SMILES string of the molecule is C[C@@H]1CN(C(=O)c2ccncc2F)CC=C1c1cc(N(C=O)C2CC2)nc2[nH]ccc12. The number of pyridine rings is 2. The molecule has 2 aliphatic rings. The van der Waals surface area contributed by atoms with Crippen LogP contribution in [-0.2, 0) is 4.79 Å². The number of hydrogen-bond acceptors (Lipinski definition) is 4. The minimum Gasteiger partial charge on any atom is -0.346 e. The first-order valence-electron chi connectivity index (χ1n) is 10.4. The molecule has 4 heterocycles. The molecular formula is C23H22FN5O2. The van der Waals surface area contributed by atoms with Crippen molar-refractivity contribution in [1.29, 1.82) is 0 Å². The third-order valence-corrected chi connectivity index (χ3v) is 5.99. The van der Waals surface area contributed by atoms with Crippen molar-refractivity contribution in [2.75, 3.05) is 18.0 Å². The third kappa shape index (κ3) is 3.48. The number of rotatable bonds is 5. The molecule has 1 N–H and O–H groups in total. The van der Waals surface area contributed by atoms with E-state index in [1.807, 2.05) is 31.3 Å². The summed E-state index contributed by atoms with van der Waals surface area (Å²) in [5, 5.41) is 0.975. The molecule has 0 bridgehead atoms. The van der Waals surface area contributed by atoms with Gasteiger partial charge in [-0.05, 0) is 48.1 Å². The minimum atomic E-state index is -0.614. The summed E-state index contributed by atoms with van der Waals surface area (Å²) in [6.07, 6.45) is 9.15. The van der Waals surface area contributed by atoms with Gasteiger partial charge in [-0.3, -0.25) is 19.5 Å². The molecule has 3 aromatic heterocycles. The zero-order valence-electron chi connectivity index (χ0n) is 17.1. The van der Waals surface area contributed by atoms with Gasteiger partial charge < -0.3 is 9.88 Å². The van der Waals surface area contributed by atoms with Crippen LogP contribution in [0.15, 0.2) is 42.9 Å². The highest BCUT2D eigenvalue weighted by atomic mass is 19.1. The molecule has 1 aliphatic carbocycles. The van der Waals surface area contributed by atoms with Crippen molar-refractivity contribution in [2.24, 2.45) is 5.92 Å². The molecule has 7 nitrogen and oxygen atoms in total. The Balaban J connectivity index is 1.49. The number of carbonyl (C=O) groups is 2. The van der Waals surface area contributed by atoms with E-state index in [1.165, 1.54) is 12.3 Å². The number of nitrogens with zero attached hydrogens (tertiary/aromatic N) is 4. The van der Waals surface area contributed by atoms with E-state index in [1.54, 1.807) is 9.80 Å². The van der Waals surface area contributed by atoms with Gasteiger partial charge in [-0.1, -0.05) is 13.0 Å². The number of carbonyl (C=O) groups excluding carboxylic acids is 2. The Labute approximate surface area is 178 Å². The molecule has 5 rings (SSSR count). The van der Waals surface area contributed by atoms with Crippen molar-refractivity contribution in [2.45, 2.75) is 25.8 Å². The molecule has 1 fully saturated rings. The van der Waals surface area contributed by atoms with E-state index < -0.39 is 5.82 Å². The van der Waals surface area contributed by atoms with Gasteiger partial charge >= 0.3 is 0 Å². The van der Waals surface area contributed by atoms with Crippen LogP contribution < -0.4 is 4.90 Å². The smallest absolute Gasteiger partial charge is 0.257 e. The van der Waals surface area contributed by atoms with Crippen LogP contribution in [0.4, 0.5) is 10.2 Å². The van der Waals surface area contributed by atoms with Crippen molar-refractivity contribution in [3.05, 3.63) is 59.8 Å². The second-order valence-electron chi connectivity index (χ2n) is 8.14. The standard InChI is InChI=1S/C23H22FN5O2/c1-14-12-28(23(31)18-4-7-25-11-20(18)24)9-6-16(14)19-10-21(29(13-30)15-2-3-15)27-22-17(19)5-8-26-22/h4-8,10-11,13-15H,2-3,9,12H2,1H3,(H,26,27)/t14-/m1/s1. The number of aromatic amines is 1. The fourth-order valence-electron chi connectivity index (χ4n) is 4.25. The lowest BCUT2D eigenvalue weighted by atomic mass is 9.89. The van der Waals surface area contributed by atoms with Crippen molar-refractivity contribution in [1.82, 2.24) is 19.9 Å². The Hall–Kier alpha value is -3.55. The lowest BCUT2D eigenvalue weighted by Gasteiger charge is -2.32. The molecule has 0 aromatic carbocycles. The van der Waals surface area contributed by atoms with Crippen molar-refractivity contribution in [3.63, 3.8) is 0 Å². The Morgan fingerprint density at radius 3 is 2.90 bits per heavy atom. The summed E-state index contributed by atoms with van der Waals surface area (Å²) < 4.78 is 14.0. The zero-order valence-corrected chi connectivity index (χ0v) is 17.1. The number of H-pyrrole nitrogens is 1. The summed E-state index contributed by atoms with van der Waals surface area (Å²) in [6.45, 7) is 2.89. The molecule has 1 saturated carbocycles. The Kier molecular flexibility index (Phi) is 4.77. The van der Waals surface area contributed by atoms with Gasteiger partial charge in [0.05, 0.1) is 11.8 Å². The summed E-state index contributed by atoms with van der Waals surface area (Å²) >= 11 is 0. The van der Waals surface area contributed by atoms with E-state index >= 15 is 0 Å². The summed E-state index contributed by atoms with van der Waals surface area (Å²) in [7, 11) is 0. The van der Waals surface area contributed by atoms with E-state index in [0.29, 0.717) is 18.9 Å². The van der Waals surface area contributed by atoms with Gasteiger partial charge in [-0.2, -0.15) is 0 Å². The molecule has 3 aromatic rings. The fraction of sp³-hybridized carbons (Fsp3) is 0.304. The minimum absolute atomic E-state index is 0.0292. The van der Waals surface area contributed by atoms with E-state index in [-0.39, 0.29) is 23.4 Å². The fourth-order valence-corrected chi connectivity index (χ4v) is 4.25. The van der Waals surface area contributed by atoms with Gasteiger partial charge in [-0.15, -0.1) is 0 Å². The number of halogens is 1. The summed E-state index contributed by atoms with van der Waals surface area (Å²) in [5.41, 5.74) is 2.85. The Morgan fingerprint density at radius 2 is 2.19 bits per heavy atom. The molecular weight excluding hydrogens is 397 g/mol. The molecule has 1 atom stereocenters. The molecule has 0 spiro atoms. The number of anilines is 1. The van der Waals surface area contributed by atoms with Crippen LogP contribution in [0.3, 0.4) is 0 Å². The Bertz CT molecular complexity index is 1200. The van der Waals surface area contributed by atoms with Crippen LogP contribution in [0.5, 0.6) is 0 Å². The van der Waals surface area contributed by atoms with E-state index in [4.69, 9.17) is 0 Å². The van der Waals surface area contributed by atoms with Gasteiger partial charge in [0.25, 0.3) is 5.91 Å². The predicted molar refractivity (Wildman–Crippen MR) is 115 cm³/mol. The van der Waals surface area contributed by atoms with Gasteiger partial charge in [-0.25, -0.2) is 9.37 Å². The average molecular weight is 419 g/mol. The third-order valence-electron chi connectivity index (χ3n) is 5.99. The number of fused-ring (bicyclic) bond motifs is 1. The Morgan fingerprint density at radius 1 is 1.35 bits per heavy atom. The molecule has 31 heavy (non-hydrogen) atoms. The highest BCUT2D eigenvalue weighted by molar-refractivity contribution is 5.97. The predicted octanol–water partition coefficient (Wildman–Crippen LogP) is 3.40. The maximum absolute atomic E-state index is 14.0. The topological polar surface area (TPSA) is 82.2 Å². The lowest BCUT2D eigenvalue weighted by Crippen LogP contribution is -2.38. The number of nitrogens with one attached hydrogen (secondary N) is 1. The van der Waals surface area contributed by atoms with Crippen LogP contribution >= 0.6 is 0 Å². The monoisotopic (exact) mass is 419 g/mol. The van der Waals surface area contributed by atoms with Crippen LogP contribution in [0.2, 0.25) is 0 Å². The van der Waals surface area contributed by atoms with Gasteiger partial charge in [0.15, 0.2) is 5.82 Å². The summed E-state index contributed by atoms with van der Waals surface area (Å²) in [6, 6.07) is 5.56. The molecule has 1 aliphatic heterocycles. The normalized spacial score (nSPS) is 18.7. The van der Waals surface area contributed by atoms with Crippen molar-refractivity contribution >= 4 is 34.7 Å². The van der Waals surface area contributed by atoms with Gasteiger partial charge in [0.1, 0.15) is 11.5 Å². The quantitative estimate of drug-likeness (QED) is 0.643. The highest BCUT2D eigenvalue weighted by Crippen LogP contribution is 2.37. The largest absolute Gasteiger partial charge is 0.346 e. The van der Waals surface area contributed by atoms with E-state index in [2.05, 4.69) is 15.0 Å². The van der Waals surface area contributed by atoms with Crippen molar-refractivity contribution in [3.8, 4) is 0 Å². The second-order valence-corrected chi connectivity index (χ2v) is 8.14. The molecule has 2 amide bonds. The van der Waals surface area contributed by atoms with Gasteiger partial charge in [0.2, 0.25) is 6.41 Å². The molecule has 0 unspecified atom stereocenters. The van der Waals surface area contributed by atoms with Crippen LogP contribution in [0.1, 0.15) is 35.7 Å². The average Bonchev–Trinajstić information content (AvgIpc) is 3.49. The molecule has 158 valence electrons. The van der Waals surface area contributed by atoms with Crippen LogP contribution in [0, 0.1) is 11.7 Å². The van der Waals surface area contributed by atoms with Crippen LogP contribution in [0.25, 0.3) is 16.6 Å². The molecule has 8 heteroatoms. The molecule has 0 radical (unpaired) electrons. The maximum Gasteiger partial charge on any atom is 0.257 e. The van der Waals surface area contributed by atoms with E-state index in [9.17, 15) is 14.0 Å².